The standard InChI is InChI=1S/C12H16N4O5/c1-4-5-15-7-13-11(16(19)20)10(15)6-21-12(18)8(2)14-9(3)17/h4,7-8H,1,5-6H2,2-3H3,(H,14,17)/t8-/m0/s1. The first-order valence-electron chi connectivity index (χ1n) is 6.09. The van der Waals surface area contributed by atoms with Crippen molar-refractivity contribution in [2.24, 2.45) is 0 Å². The van der Waals surface area contributed by atoms with Gasteiger partial charge >= 0.3 is 11.8 Å². The highest BCUT2D eigenvalue weighted by Crippen LogP contribution is 2.17. The van der Waals surface area contributed by atoms with Crippen molar-refractivity contribution in [2.75, 3.05) is 0 Å². The number of allylic oxidation sites excluding steroid dienone is 1. The number of imidazole rings is 1. The zero-order chi connectivity index (χ0) is 16.0. The second kappa shape index (κ2) is 7.17. The number of aromatic nitrogens is 2. The van der Waals surface area contributed by atoms with Crippen LogP contribution in [0.4, 0.5) is 5.82 Å². The molecule has 0 saturated heterocycles. The number of hydrogen-bond acceptors (Lipinski definition) is 6. The predicted octanol–water partition coefficient (Wildman–Crippen LogP) is 0.545. The Kier molecular flexibility index (Phi) is 5.58. The van der Waals surface area contributed by atoms with Crippen LogP contribution >= 0.6 is 0 Å². The molecule has 114 valence electrons. The largest absolute Gasteiger partial charge is 0.457 e. The number of ether oxygens (including phenoxy) is 1. The highest BCUT2D eigenvalue weighted by molar-refractivity contribution is 5.82. The summed E-state index contributed by atoms with van der Waals surface area (Å²) in [6.07, 6.45) is 2.82. The quantitative estimate of drug-likeness (QED) is 0.340. The second-order valence-electron chi connectivity index (χ2n) is 4.24. The van der Waals surface area contributed by atoms with Gasteiger partial charge in [0.25, 0.3) is 0 Å². The van der Waals surface area contributed by atoms with E-state index in [1.165, 1.54) is 30.8 Å². The minimum absolute atomic E-state index is 0.156. The van der Waals surface area contributed by atoms with Crippen LogP contribution in [0.15, 0.2) is 19.0 Å². The smallest absolute Gasteiger partial charge is 0.388 e. The van der Waals surface area contributed by atoms with Gasteiger partial charge in [0.05, 0.1) is 0 Å². The molecule has 21 heavy (non-hydrogen) atoms. The van der Waals surface area contributed by atoms with Gasteiger partial charge in [0, 0.05) is 13.5 Å². The molecular formula is C12H16N4O5. The highest BCUT2D eigenvalue weighted by Gasteiger charge is 2.23. The van der Waals surface area contributed by atoms with Crippen LogP contribution in [0, 0.1) is 10.1 Å². The van der Waals surface area contributed by atoms with Crippen LogP contribution in [0.3, 0.4) is 0 Å². The van der Waals surface area contributed by atoms with Gasteiger partial charge in [-0.25, -0.2) is 4.79 Å². The van der Waals surface area contributed by atoms with E-state index in [1.54, 1.807) is 0 Å². The van der Waals surface area contributed by atoms with Gasteiger partial charge in [-0.3, -0.25) is 4.79 Å². The van der Waals surface area contributed by atoms with Crippen LogP contribution in [0.25, 0.3) is 0 Å². The molecule has 9 heteroatoms. The lowest BCUT2D eigenvalue weighted by Gasteiger charge is -2.12. The molecule has 0 aromatic carbocycles. The molecule has 0 spiro atoms. The first-order chi connectivity index (χ1) is 9.86. The summed E-state index contributed by atoms with van der Waals surface area (Å²) >= 11 is 0. The molecule has 1 N–H and O–H groups in total. The van der Waals surface area contributed by atoms with Crippen molar-refractivity contribution < 1.29 is 19.2 Å². The highest BCUT2D eigenvalue weighted by atomic mass is 16.6. The van der Waals surface area contributed by atoms with E-state index in [0.29, 0.717) is 6.54 Å². The molecule has 1 rings (SSSR count). The average Bonchev–Trinajstić information content (AvgIpc) is 2.78. The Bertz CT molecular complexity index is 566. The third kappa shape index (κ3) is 4.41. The number of hydrogen-bond donors (Lipinski definition) is 1. The van der Waals surface area contributed by atoms with E-state index in [9.17, 15) is 19.7 Å². The monoisotopic (exact) mass is 296 g/mol. The third-order valence-corrected chi connectivity index (χ3v) is 2.55. The van der Waals surface area contributed by atoms with Gasteiger partial charge in [0.2, 0.25) is 12.2 Å². The van der Waals surface area contributed by atoms with Crippen LogP contribution in [0.5, 0.6) is 0 Å². The Hall–Kier alpha value is -2.71. The third-order valence-electron chi connectivity index (χ3n) is 2.55. The van der Waals surface area contributed by atoms with Crippen molar-refractivity contribution in [3.63, 3.8) is 0 Å². The summed E-state index contributed by atoms with van der Waals surface area (Å²) in [7, 11) is 0. The molecule has 0 aliphatic heterocycles. The number of carbonyl (C=O) groups excluding carboxylic acids is 2. The van der Waals surface area contributed by atoms with Gasteiger partial charge in [-0.05, 0) is 16.8 Å². The normalized spacial score (nSPS) is 11.5. The Morgan fingerprint density at radius 2 is 2.33 bits per heavy atom. The molecule has 0 aliphatic carbocycles. The molecule has 0 radical (unpaired) electrons. The van der Waals surface area contributed by atoms with Crippen LogP contribution in [0.1, 0.15) is 19.5 Å². The molecule has 0 fully saturated rings. The van der Waals surface area contributed by atoms with E-state index in [4.69, 9.17) is 4.74 Å². The molecule has 0 unspecified atom stereocenters. The van der Waals surface area contributed by atoms with Gasteiger partial charge < -0.3 is 24.7 Å². The lowest BCUT2D eigenvalue weighted by Crippen LogP contribution is -2.38. The minimum atomic E-state index is -0.836. The molecular weight excluding hydrogens is 280 g/mol. The number of nitrogens with zero attached hydrogens (tertiary/aromatic N) is 3. The Labute approximate surface area is 120 Å². The molecule has 9 nitrogen and oxygen atoms in total. The molecule has 1 aromatic heterocycles. The van der Waals surface area contributed by atoms with Crippen molar-refractivity contribution in [1.82, 2.24) is 14.9 Å². The van der Waals surface area contributed by atoms with Gasteiger partial charge in [-0.15, -0.1) is 6.58 Å². The fourth-order valence-corrected chi connectivity index (χ4v) is 1.62. The van der Waals surface area contributed by atoms with E-state index >= 15 is 0 Å². The predicted molar refractivity (Wildman–Crippen MR) is 72.2 cm³/mol. The molecule has 1 heterocycles. The van der Waals surface area contributed by atoms with Crippen molar-refractivity contribution >= 4 is 17.7 Å². The zero-order valence-corrected chi connectivity index (χ0v) is 11.7. The van der Waals surface area contributed by atoms with Crippen molar-refractivity contribution in [3.8, 4) is 0 Å². The molecule has 0 aliphatic rings. The fraction of sp³-hybridized carbons (Fsp3) is 0.417. The summed E-state index contributed by atoms with van der Waals surface area (Å²) in [5.74, 6) is -1.44. The van der Waals surface area contributed by atoms with E-state index in [1.807, 2.05) is 0 Å². The maximum atomic E-state index is 11.7. The average molecular weight is 296 g/mol. The maximum Gasteiger partial charge on any atom is 0.388 e. The maximum absolute atomic E-state index is 11.7. The molecule has 0 saturated carbocycles. The first kappa shape index (κ1) is 16.3. The topological polar surface area (TPSA) is 116 Å². The minimum Gasteiger partial charge on any atom is -0.457 e. The van der Waals surface area contributed by atoms with E-state index in [2.05, 4.69) is 16.9 Å². The summed E-state index contributed by atoms with van der Waals surface area (Å²) in [5.41, 5.74) is 0.156. The van der Waals surface area contributed by atoms with Crippen LogP contribution in [-0.2, 0) is 27.5 Å². The number of esters is 1. The Balaban J connectivity index is 2.80. The van der Waals surface area contributed by atoms with Crippen LogP contribution < -0.4 is 5.32 Å². The summed E-state index contributed by atoms with van der Waals surface area (Å²) in [6, 6.07) is -0.836. The fourth-order valence-electron chi connectivity index (χ4n) is 1.62. The summed E-state index contributed by atoms with van der Waals surface area (Å²) in [5, 5.41) is 13.2. The van der Waals surface area contributed by atoms with Gasteiger partial charge in [0.1, 0.15) is 12.6 Å². The van der Waals surface area contributed by atoms with Crippen LogP contribution in [-0.4, -0.2) is 32.4 Å². The number of carbonyl (C=O) groups is 2. The Morgan fingerprint density at radius 1 is 1.67 bits per heavy atom. The van der Waals surface area contributed by atoms with E-state index in [-0.39, 0.29) is 24.0 Å². The lowest BCUT2D eigenvalue weighted by molar-refractivity contribution is -0.390. The van der Waals surface area contributed by atoms with Gasteiger partial charge in [-0.2, -0.15) is 0 Å². The zero-order valence-electron chi connectivity index (χ0n) is 11.7. The molecule has 1 amide bonds. The van der Waals surface area contributed by atoms with Crippen molar-refractivity contribution in [2.45, 2.75) is 33.0 Å². The van der Waals surface area contributed by atoms with Crippen molar-refractivity contribution in [3.05, 3.63) is 34.8 Å². The summed E-state index contributed by atoms with van der Waals surface area (Å²) < 4.78 is 6.43. The number of rotatable bonds is 7. The first-order valence-corrected chi connectivity index (χ1v) is 6.09. The number of nitrogens with one attached hydrogen (secondary N) is 1. The molecule has 1 atom stereocenters. The second-order valence-corrected chi connectivity index (χ2v) is 4.24. The van der Waals surface area contributed by atoms with E-state index < -0.39 is 16.9 Å². The summed E-state index contributed by atoms with van der Waals surface area (Å²) in [6.45, 7) is 6.25. The van der Waals surface area contributed by atoms with Crippen LogP contribution in [0.2, 0.25) is 0 Å². The lowest BCUT2D eigenvalue weighted by atomic mass is 10.3. The Morgan fingerprint density at radius 3 is 2.86 bits per heavy atom. The summed E-state index contributed by atoms with van der Waals surface area (Å²) in [4.78, 5) is 36.4. The van der Waals surface area contributed by atoms with Crippen molar-refractivity contribution in [1.29, 1.82) is 0 Å². The molecule has 1 aromatic rings. The number of amides is 1. The molecule has 0 bridgehead atoms. The number of nitro groups is 1. The van der Waals surface area contributed by atoms with Gasteiger partial charge in [0.15, 0.2) is 5.69 Å². The van der Waals surface area contributed by atoms with E-state index in [0.717, 1.165) is 0 Å². The van der Waals surface area contributed by atoms with Gasteiger partial charge in [-0.1, -0.05) is 6.08 Å². The SMILES string of the molecule is C=CCn1cnc([N+](=O)[O-])c1COC(=O)[C@H](C)NC(C)=O.